The van der Waals surface area contributed by atoms with Gasteiger partial charge in [0.05, 0.1) is 0 Å². The molecule has 53 heavy (non-hydrogen) atoms. The average Bonchev–Trinajstić information content (AvgIpc) is 3.88. The molecule has 0 radical (unpaired) electrons. The summed E-state index contributed by atoms with van der Waals surface area (Å²) < 4.78 is 17.5. The summed E-state index contributed by atoms with van der Waals surface area (Å²) in [4.78, 5) is 4.56. The van der Waals surface area contributed by atoms with E-state index >= 15 is 0 Å². The van der Waals surface area contributed by atoms with Gasteiger partial charge in [-0.3, -0.25) is 11.1 Å². The predicted octanol–water partition coefficient (Wildman–Crippen LogP) is 9.49. The standard InChI is InChI=1S/C39H24N3O2.C6H4N.2Pt/c1-41-21-22-42(28-41)34-14-8-18-38(27-34)44-37-17-7-13-33(25-37)39-26-32(19-20-40-39)31-12-6-16-36(24-31)43-35-15-5-11-30(23-35)29-9-3-2-4-10-29;1-2-7-5-3-4-6-7;;/h2-14,16-18,20-23,26H,1H3;3-6H;;/q-3;-1;+2;+4. The quantitative estimate of drug-likeness (QED) is 0.0867. The SMILES string of the molecule is C[N+]1=C=[N+](c2[c-]c(Oc3[c-]c(-c4cc(-c5[c-]c(Oc6[c-]ccc(-c7ccccc7)c6)ccc5)[c-]cn4)ccc3)ccc2)C=C1.[C-]#Cn1cccc1.[Pt+2].[Pt+4]. The maximum Gasteiger partial charge on any atom is 4.00 e. The summed E-state index contributed by atoms with van der Waals surface area (Å²) in [6, 6.07) is 60.7. The van der Waals surface area contributed by atoms with E-state index in [1.54, 1.807) is 23.2 Å². The molecule has 5 aromatic carbocycles. The van der Waals surface area contributed by atoms with Crippen LogP contribution in [-0.2, 0) is 42.1 Å². The van der Waals surface area contributed by atoms with Crippen molar-refractivity contribution in [1.82, 2.24) is 9.55 Å². The summed E-state index contributed by atoms with van der Waals surface area (Å²) in [5.74, 6) is 2.34. The third-order valence-corrected chi connectivity index (χ3v) is 7.58. The second kappa shape index (κ2) is 18.6. The van der Waals surface area contributed by atoms with Crippen LogP contribution in [0, 0.1) is 42.8 Å². The molecule has 0 bridgehead atoms. The van der Waals surface area contributed by atoms with Crippen LogP contribution in [0.5, 0.6) is 23.0 Å². The number of nitrogens with zero attached hydrogens (tertiary/aromatic N) is 4. The van der Waals surface area contributed by atoms with Crippen LogP contribution in [0.25, 0.3) is 33.5 Å². The third kappa shape index (κ3) is 10.2. The van der Waals surface area contributed by atoms with E-state index in [1.807, 2.05) is 138 Å². The van der Waals surface area contributed by atoms with Crippen LogP contribution in [0.3, 0.4) is 0 Å². The van der Waals surface area contributed by atoms with Crippen molar-refractivity contribution in [2.45, 2.75) is 0 Å². The zero-order chi connectivity index (χ0) is 34.8. The van der Waals surface area contributed by atoms with Crippen LogP contribution >= 0.6 is 0 Å². The molecule has 0 fully saturated rings. The van der Waals surface area contributed by atoms with Crippen LogP contribution in [0.2, 0.25) is 0 Å². The number of pyridine rings is 1. The normalized spacial score (nSPS) is 11.0. The summed E-state index contributed by atoms with van der Waals surface area (Å²) >= 11 is 0. The Morgan fingerprint density at radius 2 is 1.36 bits per heavy atom. The molecule has 0 saturated carbocycles. The number of hydrogen-bond acceptors (Lipinski definition) is 3. The molecule has 1 aliphatic rings. The molecule has 0 aliphatic carbocycles. The second-order valence-corrected chi connectivity index (χ2v) is 11.2. The predicted molar refractivity (Wildman–Crippen MR) is 195 cm³/mol. The van der Waals surface area contributed by atoms with Gasteiger partial charge in [0.25, 0.3) is 6.20 Å². The van der Waals surface area contributed by atoms with Gasteiger partial charge in [-0.15, -0.1) is 53.6 Å². The van der Waals surface area contributed by atoms with Crippen molar-refractivity contribution in [2.24, 2.45) is 0 Å². The first kappa shape index (κ1) is 38.4. The number of benzene rings is 5. The summed E-state index contributed by atoms with van der Waals surface area (Å²) in [6.45, 7) is 0. The van der Waals surface area contributed by atoms with Crippen molar-refractivity contribution in [3.05, 3.63) is 189 Å². The van der Waals surface area contributed by atoms with Gasteiger partial charge in [-0.25, -0.2) is 24.2 Å². The number of ether oxygens (including phenoxy) is 2. The molecule has 6 nitrogen and oxygen atoms in total. The summed E-state index contributed by atoms with van der Waals surface area (Å²) in [5.41, 5.74) is 6.20. The molecule has 8 heteroatoms. The Morgan fingerprint density at radius 3 is 2.06 bits per heavy atom. The van der Waals surface area contributed by atoms with Crippen molar-refractivity contribution in [3.63, 3.8) is 0 Å². The first-order chi connectivity index (χ1) is 25.1. The fourth-order valence-corrected chi connectivity index (χ4v) is 5.14. The third-order valence-electron chi connectivity index (χ3n) is 7.58. The van der Waals surface area contributed by atoms with Gasteiger partial charge in [0.1, 0.15) is 5.69 Å². The van der Waals surface area contributed by atoms with Gasteiger partial charge in [0.15, 0.2) is 7.05 Å². The van der Waals surface area contributed by atoms with E-state index in [9.17, 15) is 0 Å². The molecule has 0 spiro atoms. The molecule has 1 aliphatic heterocycles. The Bertz CT molecular complexity index is 2450. The molecule has 258 valence electrons. The van der Waals surface area contributed by atoms with Gasteiger partial charge in [0.2, 0.25) is 6.20 Å². The molecule has 3 heterocycles. The minimum absolute atomic E-state index is 0. The monoisotopic (exact) mass is 1050 g/mol. The van der Waals surface area contributed by atoms with Crippen LogP contribution in [0.15, 0.2) is 152 Å². The van der Waals surface area contributed by atoms with Crippen molar-refractivity contribution >= 4 is 11.7 Å². The average molecular weight is 1050 g/mol. The fraction of sp³-hybridized carbons (Fsp3) is 0.0222. The van der Waals surface area contributed by atoms with E-state index in [1.165, 1.54) is 0 Å². The van der Waals surface area contributed by atoms with Gasteiger partial charge in [0, 0.05) is 35.4 Å². The van der Waals surface area contributed by atoms with Gasteiger partial charge >= 0.3 is 48.1 Å². The Balaban J connectivity index is 0.000000542. The number of rotatable bonds is 8. The van der Waals surface area contributed by atoms with E-state index in [4.69, 9.17) is 15.9 Å². The molecule has 0 unspecified atom stereocenters. The molecule has 0 saturated heterocycles. The maximum absolute atomic E-state index is 6.57. The van der Waals surface area contributed by atoms with Gasteiger partial charge in [-0.05, 0) is 17.7 Å². The van der Waals surface area contributed by atoms with Crippen LogP contribution in [-0.4, -0.2) is 31.8 Å². The van der Waals surface area contributed by atoms with Crippen molar-refractivity contribution in [3.8, 4) is 62.6 Å². The molecule has 8 rings (SSSR count). The summed E-state index contributed by atoms with van der Waals surface area (Å²) in [6.07, 6.45) is 15.6. The van der Waals surface area contributed by atoms with E-state index in [0.717, 1.165) is 39.2 Å². The number of aromatic nitrogens is 2. The van der Waals surface area contributed by atoms with Crippen molar-refractivity contribution < 1.29 is 60.8 Å². The Labute approximate surface area is 338 Å². The summed E-state index contributed by atoms with van der Waals surface area (Å²) in [7, 11) is 1.92. The number of hydrogen-bond donors (Lipinski definition) is 0. The minimum Gasteiger partial charge on any atom is -0.669 e. The zero-order valence-corrected chi connectivity index (χ0v) is 32.7. The van der Waals surface area contributed by atoms with Gasteiger partial charge < -0.3 is 25.4 Å². The topological polar surface area (TPSA) is 42.3 Å². The van der Waals surface area contributed by atoms with Crippen LogP contribution < -0.4 is 9.47 Å². The van der Waals surface area contributed by atoms with E-state index in [0.29, 0.717) is 23.0 Å². The largest absolute Gasteiger partial charge is 4.00 e. The zero-order valence-electron chi connectivity index (χ0n) is 28.2. The molecule has 0 N–H and O–H groups in total. The molecule has 7 aromatic rings. The van der Waals surface area contributed by atoms with Crippen LogP contribution in [0.4, 0.5) is 5.69 Å². The smallest absolute Gasteiger partial charge is 0.669 e. The van der Waals surface area contributed by atoms with Crippen molar-refractivity contribution in [2.75, 3.05) is 7.05 Å². The molecule has 0 amide bonds. The Kier molecular flexibility index (Phi) is 13.5. The molecular weight excluding hydrogens is 1020 g/mol. The maximum atomic E-state index is 6.57. The minimum atomic E-state index is 0. The van der Waals surface area contributed by atoms with E-state index < -0.39 is 0 Å². The Morgan fingerprint density at radius 1 is 0.679 bits per heavy atom. The van der Waals surface area contributed by atoms with Crippen LogP contribution in [0.1, 0.15) is 0 Å². The Hall–Kier alpha value is -5.81. The summed E-state index contributed by atoms with van der Waals surface area (Å²) in [5, 5.41) is 0. The van der Waals surface area contributed by atoms with Gasteiger partial charge in [-0.1, -0.05) is 69.6 Å². The fourth-order valence-electron chi connectivity index (χ4n) is 5.14. The molecular formula is C45H28N4O2Pt2+2. The van der Waals surface area contributed by atoms with Crippen molar-refractivity contribution in [1.29, 1.82) is 0 Å². The second-order valence-electron chi connectivity index (χ2n) is 11.2. The van der Waals surface area contributed by atoms with E-state index in [2.05, 4.69) is 59.5 Å². The van der Waals surface area contributed by atoms with E-state index in [-0.39, 0.29) is 42.1 Å². The molecule has 2 aromatic heterocycles. The van der Waals surface area contributed by atoms with Gasteiger partial charge in [-0.2, -0.15) is 30.3 Å². The molecule has 0 atom stereocenters. The first-order valence-electron chi connectivity index (χ1n) is 16.0. The first-order valence-corrected chi connectivity index (χ1v) is 16.0.